The maximum atomic E-state index is 12.8. The molecular weight excluding hydrogens is 312 g/mol. The van der Waals surface area contributed by atoms with E-state index in [2.05, 4.69) is 0 Å². The zero-order valence-electron chi connectivity index (χ0n) is 13.0. The molecule has 1 unspecified atom stereocenters. The Bertz CT molecular complexity index is 588. The summed E-state index contributed by atoms with van der Waals surface area (Å²) in [7, 11) is -3.51. The van der Waals surface area contributed by atoms with Crippen LogP contribution in [0.3, 0.4) is 0 Å². The third-order valence-electron chi connectivity index (χ3n) is 3.61. The van der Waals surface area contributed by atoms with Crippen LogP contribution in [0, 0.1) is 0 Å². The average molecular weight is 335 g/mol. The second kappa shape index (κ2) is 5.91. The minimum absolute atomic E-state index is 0.121. The van der Waals surface area contributed by atoms with Gasteiger partial charge in [-0.15, -0.1) is 11.6 Å². The smallest absolute Gasteiger partial charge is 0.244 e. The second-order valence-corrected chi connectivity index (χ2v) is 8.28. The fourth-order valence-electron chi connectivity index (χ4n) is 2.80. The predicted octanol–water partition coefficient (Wildman–Crippen LogP) is 2.43. The van der Waals surface area contributed by atoms with Gasteiger partial charge in [0.25, 0.3) is 0 Å². The molecule has 0 aliphatic carbocycles. The van der Waals surface area contributed by atoms with E-state index in [1.54, 1.807) is 12.3 Å². The third-order valence-corrected chi connectivity index (χ3v) is 5.67. The number of sulfonamides is 1. The van der Waals surface area contributed by atoms with Gasteiger partial charge in [0.05, 0.1) is 17.6 Å². The van der Waals surface area contributed by atoms with Crippen LogP contribution in [0.25, 0.3) is 0 Å². The highest BCUT2D eigenvalue weighted by atomic mass is 35.5. The quantitative estimate of drug-likeness (QED) is 0.795. The van der Waals surface area contributed by atoms with Gasteiger partial charge in [0.15, 0.2) is 0 Å². The molecule has 5 nitrogen and oxygen atoms in total. The van der Waals surface area contributed by atoms with Crippen molar-refractivity contribution in [2.45, 2.75) is 56.7 Å². The van der Waals surface area contributed by atoms with Crippen molar-refractivity contribution in [3.8, 4) is 0 Å². The SMILES string of the molecule is CCn1cc(S(=O)(=O)N2CC(C)OC(C)(C)C2)cc1CCl. The van der Waals surface area contributed by atoms with Gasteiger partial charge in [-0.25, -0.2) is 8.42 Å². The van der Waals surface area contributed by atoms with Crippen LogP contribution in [0.5, 0.6) is 0 Å². The number of hydrogen-bond acceptors (Lipinski definition) is 3. The first-order valence-corrected chi connectivity index (χ1v) is 9.10. The minimum Gasteiger partial charge on any atom is -0.370 e. The number of alkyl halides is 1. The monoisotopic (exact) mass is 334 g/mol. The van der Waals surface area contributed by atoms with Crippen LogP contribution >= 0.6 is 11.6 Å². The summed E-state index contributed by atoms with van der Waals surface area (Å²) in [6.45, 7) is 9.10. The zero-order chi connectivity index (χ0) is 15.8. The van der Waals surface area contributed by atoms with Crippen molar-refractivity contribution in [1.82, 2.24) is 8.87 Å². The van der Waals surface area contributed by atoms with Gasteiger partial charge in [-0.3, -0.25) is 0 Å². The van der Waals surface area contributed by atoms with Crippen molar-refractivity contribution in [2.75, 3.05) is 13.1 Å². The second-order valence-electron chi connectivity index (χ2n) is 6.07. The van der Waals surface area contributed by atoms with Crippen molar-refractivity contribution in [2.24, 2.45) is 0 Å². The molecule has 1 saturated heterocycles. The molecule has 0 amide bonds. The molecule has 1 aliphatic heterocycles. The van der Waals surface area contributed by atoms with Gasteiger partial charge >= 0.3 is 0 Å². The lowest BCUT2D eigenvalue weighted by molar-refractivity contribution is -0.109. The van der Waals surface area contributed by atoms with Crippen LogP contribution in [0.4, 0.5) is 0 Å². The van der Waals surface area contributed by atoms with Crippen LogP contribution in [0.1, 0.15) is 33.4 Å². The van der Waals surface area contributed by atoms with E-state index in [0.717, 1.165) is 5.69 Å². The topological polar surface area (TPSA) is 51.5 Å². The first-order chi connectivity index (χ1) is 9.69. The predicted molar refractivity (Wildman–Crippen MR) is 83.0 cm³/mol. The van der Waals surface area contributed by atoms with E-state index < -0.39 is 15.6 Å². The Morgan fingerprint density at radius 2 is 2.14 bits per heavy atom. The Hall–Kier alpha value is -0.560. The molecule has 1 atom stereocenters. The van der Waals surface area contributed by atoms with Crippen molar-refractivity contribution < 1.29 is 13.2 Å². The number of aromatic nitrogens is 1. The van der Waals surface area contributed by atoms with E-state index in [9.17, 15) is 8.42 Å². The molecular formula is C14H23ClN2O3S. The lowest BCUT2D eigenvalue weighted by atomic mass is 10.1. The molecule has 2 rings (SSSR count). The zero-order valence-corrected chi connectivity index (χ0v) is 14.5. The summed E-state index contributed by atoms with van der Waals surface area (Å²) in [5.74, 6) is 0.300. The van der Waals surface area contributed by atoms with Crippen LogP contribution in [-0.4, -0.2) is 42.1 Å². The molecule has 1 fully saturated rings. The molecule has 1 aromatic heterocycles. The normalized spacial score (nSPS) is 23.4. The summed E-state index contributed by atoms with van der Waals surface area (Å²) >= 11 is 5.88. The number of aryl methyl sites for hydroxylation is 1. The van der Waals surface area contributed by atoms with Gasteiger partial charge in [-0.2, -0.15) is 4.31 Å². The van der Waals surface area contributed by atoms with E-state index in [4.69, 9.17) is 16.3 Å². The average Bonchev–Trinajstić information content (AvgIpc) is 2.80. The Morgan fingerprint density at radius 1 is 1.48 bits per heavy atom. The number of halogens is 1. The molecule has 21 heavy (non-hydrogen) atoms. The molecule has 1 aromatic rings. The van der Waals surface area contributed by atoms with Crippen molar-refractivity contribution in [3.63, 3.8) is 0 Å². The maximum Gasteiger partial charge on any atom is 0.244 e. The van der Waals surface area contributed by atoms with Gasteiger partial charge in [0.2, 0.25) is 10.0 Å². The van der Waals surface area contributed by atoms with Crippen molar-refractivity contribution in [3.05, 3.63) is 18.0 Å². The maximum absolute atomic E-state index is 12.8. The van der Waals surface area contributed by atoms with Crippen LogP contribution in [-0.2, 0) is 27.2 Å². The molecule has 7 heteroatoms. The molecule has 0 spiro atoms. The van der Waals surface area contributed by atoms with E-state index in [1.165, 1.54) is 4.31 Å². The highest BCUT2D eigenvalue weighted by Crippen LogP contribution is 2.27. The number of ether oxygens (including phenoxy) is 1. The summed E-state index contributed by atoms with van der Waals surface area (Å²) in [4.78, 5) is 0.310. The van der Waals surface area contributed by atoms with E-state index in [0.29, 0.717) is 30.4 Å². The fraction of sp³-hybridized carbons (Fsp3) is 0.714. The summed E-state index contributed by atoms with van der Waals surface area (Å²) in [6, 6.07) is 1.67. The van der Waals surface area contributed by atoms with Crippen molar-refractivity contribution >= 4 is 21.6 Å². The van der Waals surface area contributed by atoms with Crippen LogP contribution in [0.15, 0.2) is 17.2 Å². The number of hydrogen-bond donors (Lipinski definition) is 0. The Balaban J connectivity index is 2.35. The molecule has 0 N–H and O–H groups in total. The Kier molecular flexibility index (Phi) is 4.73. The first kappa shape index (κ1) is 16.8. The molecule has 0 radical (unpaired) electrons. The van der Waals surface area contributed by atoms with Gasteiger partial charge < -0.3 is 9.30 Å². The summed E-state index contributed by atoms with van der Waals surface area (Å²) in [5.41, 5.74) is 0.339. The van der Waals surface area contributed by atoms with Gasteiger partial charge in [0, 0.05) is 31.5 Å². The summed E-state index contributed by atoms with van der Waals surface area (Å²) in [5, 5.41) is 0. The Morgan fingerprint density at radius 3 is 2.62 bits per heavy atom. The minimum atomic E-state index is -3.51. The Labute approximate surface area is 131 Å². The highest BCUT2D eigenvalue weighted by molar-refractivity contribution is 7.89. The van der Waals surface area contributed by atoms with E-state index >= 15 is 0 Å². The van der Waals surface area contributed by atoms with Gasteiger partial charge in [0.1, 0.15) is 4.90 Å². The first-order valence-electron chi connectivity index (χ1n) is 7.12. The van der Waals surface area contributed by atoms with Crippen molar-refractivity contribution in [1.29, 1.82) is 0 Å². The lowest BCUT2D eigenvalue weighted by Crippen LogP contribution is -2.53. The third kappa shape index (κ3) is 3.44. The summed E-state index contributed by atoms with van der Waals surface area (Å²) in [6.07, 6.45) is 1.55. The summed E-state index contributed by atoms with van der Waals surface area (Å²) < 4.78 is 34.8. The van der Waals surface area contributed by atoms with Gasteiger partial charge in [-0.05, 0) is 33.8 Å². The highest BCUT2D eigenvalue weighted by Gasteiger charge is 2.38. The van der Waals surface area contributed by atoms with E-state index in [-0.39, 0.29) is 6.10 Å². The largest absolute Gasteiger partial charge is 0.370 e. The fourth-order valence-corrected chi connectivity index (χ4v) is 4.76. The molecule has 0 aromatic carbocycles. The van der Waals surface area contributed by atoms with Crippen LogP contribution in [0.2, 0.25) is 0 Å². The molecule has 1 aliphatic rings. The van der Waals surface area contributed by atoms with Crippen LogP contribution < -0.4 is 0 Å². The molecule has 0 bridgehead atoms. The van der Waals surface area contributed by atoms with E-state index in [1.807, 2.05) is 32.3 Å². The molecule has 0 saturated carbocycles. The lowest BCUT2D eigenvalue weighted by Gasteiger charge is -2.40. The van der Waals surface area contributed by atoms with Gasteiger partial charge in [-0.1, -0.05) is 0 Å². The molecule has 2 heterocycles. The number of nitrogens with zero attached hydrogens (tertiary/aromatic N) is 2. The molecule has 120 valence electrons. The standard InChI is InChI=1S/C14H23ClN2O3S/c1-5-16-9-13(6-12(16)7-15)21(18,19)17-8-11(2)20-14(3,4)10-17/h6,9,11H,5,7-8,10H2,1-4H3. The number of rotatable bonds is 4. The number of morpholine rings is 1.